The number of aliphatic hydroxyl groups is 1. The van der Waals surface area contributed by atoms with Crippen molar-refractivity contribution in [2.75, 3.05) is 32.2 Å². The van der Waals surface area contributed by atoms with Gasteiger partial charge in [0.1, 0.15) is 35.1 Å². The zero-order valence-electron chi connectivity index (χ0n) is 23.4. The fraction of sp³-hybridized carbons (Fsp3) is 0.333. The lowest BCUT2D eigenvalue weighted by Gasteiger charge is -2.33. The zero-order valence-corrected chi connectivity index (χ0v) is 25.0. The molecular formula is C30H31ClFN5O5S. The van der Waals surface area contributed by atoms with E-state index in [2.05, 4.69) is 33.8 Å². The van der Waals surface area contributed by atoms with Crippen molar-refractivity contribution < 1.29 is 28.6 Å². The second-order valence-corrected chi connectivity index (χ2v) is 11.7. The van der Waals surface area contributed by atoms with Gasteiger partial charge >= 0.3 is 0 Å². The van der Waals surface area contributed by atoms with Crippen LogP contribution in [0.4, 0.5) is 10.3 Å². The van der Waals surface area contributed by atoms with Crippen LogP contribution >= 0.6 is 22.9 Å². The van der Waals surface area contributed by atoms with E-state index in [4.69, 9.17) is 21.1 Å². The zero-order chi connectivity index (χ0) is 30.7. The number of nitrogens with one attached hydrogen (secondary N) is 2. The summed E-state index contributed by atoms with van der Waals surface area (Å²) in [6, 6.07) is 3.52. The van der Waals surface area contributed by atoms with Crippen LogP contribution in [0.3, 0.4) is 0 Å². The van der Waals surface area contributed by atoms with Crippen LogP contribution in [0.15, 0.2) is 55.5 Å². The van der Waals surface area contributed by atoms with Crippen molar-refractivity contribution in [3.63, 3.8) is 0 Å². The van der Waals surface area contributed by atoms with E-state index in [0.717, 1.165) is 23.8 Å². The minimum Gasteiger partial charge on any atom is -0.510 e. The number of carbonyl (C=O) groups is 2. The molecule has 2 aliphatic rings. The highest BCUT2D eigenvalue weighted by atomic mass is 35.5. The van der Waals surface area contributed by atoms with Gasteiger partial charge in [-0.2, -0.15) is 0 Å². The molecule has 0 saturated carbocycles. The summed E-state index contributed by atoms with van der Waals surface area (Å²) in [5, 5.41) is 16.6. The molecule has 1 saturated heterocycles. The van der Waals surface area contributed by atoms with Gasteiger partial charge in [-0.25, -0.2) is 14.4 Å². The first-order chi connectivity index (χ1) is 20.7. The number of thiophene rings is 1. The molecule has 43 heavy (non-hydrogen) atoms. The number of halogens is 2. The number of hydrogen-bond acceptors (Lipinski definition) is 9. The van der Waals surface area contributed by atoms with Crippen LogP contribution in [0.1, 0.15) is 39.7 Å². The van der Waals surface area contributed by atoms with Crippen molar-refractivity contribution in [1.82, 2.24) is 20.2 Å². The Labute approximate surface area is 257 Å². The van der Waals surface area contributed by atoms with E-state index in [1.165, 1.54) is 47.8 Å². The van der Waals surface area contributed by atoms with Crippen LogP contribution in [-0.4, -0.2) is 70.7 Å². The third-order valence-corrected chi connectivity index (χ3v) is 8.80. The van der Waals surface area contributed by atoms with E-state index in [-0.39, 0.29) is 29.8 Å². The molecule has 2 amide bonds. The quantitative estimate of drug-likeness (QED) is 0.210. The standard InChI is InChI=1S/C30H31ClFN5O5S/c1-4-23(28(39)35-26(16(2)38)17-11-18(32)13-20(12-17)41-3)37-8-5-24-21(29(37)40)14-25(43-24)27-22(31)15-33-30(36-27)34-19-6-9-42-10-7-19/h4,11-15,19,23,26,38H,1-2,5-10H2,3H3,(H,35,39)(H,33,34,36)/t23-,26+/m0/s1. The van der Waals surface area contributed by atoms with E-state index in [1.807, 2.05) is 0 Å². The third-order valence-electron chi connectivity index (χ3n) is 7.32. The average Bonchev–Trinajstić information content (AvgIpc) is 3.43. The molecular weight excluding hydrogens is 597 g/mol. The Bertz CT molecular complexity index is 1560. The Morgan fingerprint density at radius 2 is 2.09 bits per heavy atom. The molecule has 0 spiro atoms. The number of carbonyl (C=O) groups excluding carboxylic acids is 2. The maximum Gasteiger partial charge on any atom is 0.255 e. The first-order valence-corrected chi connectivity index (χ1v) is 14.8. The topological polar surface area (TPSA) is 126 Å². The van der Waals surface area contributed by atoms with Gasteiger partial charge in [-0.15, -0.1) is 17.9 Å². The number of amides is 2. The highest BCUT2D eigenvalue weighted by molar-refractivity contribution is 7.16. The van der Waals surface area contributed by atoms with Crippen LogP contribution in [-0.2, 0) is 16.0 Å². The molecule has 2 aromatic heterocycles. The number of hydrogen-bond donors (Lipinski definition) is 3. The number of anilines is 1. The third kappa shape index (κ3) is 6.66. The Hall–Kier alpha value is -4.00. The lowest BCUT2D eigenvalue weighted by Crippen LogP contribution is -2.51. The molecule has 0 aliphatic carbocycles. The number of benzene rings is 1. The normalized spacial score (nSPS) is 16.6. The minimum atomic E-state index is -1.15. The van der Waals surface area contributed by atoms with Crippen molar-refractivity contribution >= 4 is 40.7 Å². The summed E-state index contributed by atoms with van der Waals surface area (Å²) in [5.41, 5.74) is 1.18. The molecule has 226 valence electrons. The Morgan fingerprint density at radius 1 is 1.33 bits per heavy atom. The fourth-order valence-electron chi connectivity index (χ4n) is 5.12. The van der Waals surface area contributed by atoms with Gasteiger partial charge in [0.15, 0.2) is 0 Å². The molecule has 1 fully saturated rings. The van der Waals surface area contributed by atoms with Gasteiger partial charge in [-0.05, 0) is 36.6 Å². The van der Waals surface area contributed by atoms with E-state index in [1.54, 1.807) is 6.07 Å². The van der Waals surface area contributed by atoms with Gasteiger partial charge in [-0.1, -0.05) is 24.3 Å². The highest BCUT2D eigenvalue weighted by Crippen LogP contribution is 2.38. The van der Waals surface area contributed by atoms with Crippen molar-refractivity contribution in [2.24, 2.45) is 0 Å². The van der Waals surface area contributed by atoms with Crippen molar-refractivity contribution in [3.8, 4) is 16.3 Å². The maximum absolute atomic E-state index is 14.2. The number of aliphatic hydroxyl groups excluding tert-OH is 1. The van der Waals surface area contributed by atoms with Crippen molar-refractivity contribution in [2.45, 2.75) is 37.4 Å². The van der Waals surface area contributed by atoms with E-state index in [9.17, 15) is 19.1 Å². The largest absolute Gasteiger partial charge is 0.510 e. The Morgan fingerprint density at radius 3 is 2.79 bits per heavy atom. The molecule has 3 N–H and O–H groups in total. The second kappa shape index (κ2) is 13.1. The average molecular weight is 628 g/mol. The lowest BCUT2D eigenvalue weighted by molar-refractivity contribution is -0.125. The second-order valence-electron chi connectivity index (χ2n) is 10.2. The molecule has 3 aromatic rings. The molecule has 10 nitrogen and oxygen atoms in total. The summed E-state index contributed by atoms with van der Waals surface area (Å²) in [6.45, 7) is 8.90. The number of aromatic nitrogens is 2. The van der Waals surface area contributed by atoms with E-state index >= 15 is 0 Å². The predicted octanol–water partition coefficient (Wildman–Crippen LogP) is 5.08. The molecule has 1 aromatic carbocycles. The van der Waals surface area contributed by atoms with E-state index in [0.29, 0.717) is 46.7 Å². The predicted molar refractivity (Wildman–Crippen MR) is 162 cm³/mol. The molecule has 2 aliphatic heterocycles. The van der Waals surface area contributed by atoms with Crippen LogP contribution in [0.25, 0.3) is 10.6 Å². The van der Waals surface area contributed by atoms with Gasteiger partial charge in [0.2, 0.25) is 11.9 Å². The maximum atomic E-state index is 14.2. The van der Waals surface area contributed by atoms with Crippen LogP contribution in [0, 0.1) is 5.82 Å². The van der Waals surface area contributed by atoms with Crippen molar-refractivity contribution in [3.05, 3.63) is 82.3 Å². The number of ether oxygens (including phenoxy) is 2. The number of nitrogens with zero attached hydrogens (tertiary/aromatic N) is 3. The smallest absolute Gasteiger partial charge is 0.255 e. The van der Waals surface area contributed by atoms with Gasteiger partial charge in [0, 0.05) is 43.2 Å². The number of fused-ring (bicyclic) bond motifs is 1. The first-order valence-electron chi connectivity index (χ1n) is 13.6. The SMILES string of the molecule is C=C[C@@H](C(=O)N[C@H](C(=C)O)c1cc(F)cc(OC)c1)N1CCc2sc(-c3nc(NC4CCOCC4)ncc3Cl)cc2C1=O. The van der Waals surface area contributed by atoms with E-state index < -0.39 is 29.6 Å². The van der Waals surface area contributed by atoms with Crippen LogP contribution in [0.2, 0.25) is 5.02 Å². The molecule has 4 heterocycles. The summed E-state index contributed by atoms with van der Waals surface area (Å²) >= 11 is 7.90. The fourth-order valence-corrected chi connectivity index (χ4v) is 6.51. The Balaban J connectivity index is 1.35. The number of rotatable bonds is 10. The minimum absolute atomic E-state index is 0.196. The van der Waals surface area contributed by atoms with Gasteiger partial charge in [-0.3, -0.25) is 9.59 Å². The molecule has 13 heteroatoms. The van der Waals surface area contributed by atoms with Gasteiger partial charge in [0.25, 0.3) is 5.91 Å². The molecule has 2 atom stereocenters. The summed E-state index contributed by atoms with van der Waals surface area (Å²) < 4.78 is 24.7. The van der Waals surface area contributed by atoms with Crippen molar-refractivity contribution in [1.29, 1.82) is 0 Å². The Kier molecular flexibility index (Phi) is 9.28. The molecule has 0 unspecified atom stereocenters. The van der Waals surface area contributed by atoms with Crippen LogP contribution < -0.4 is 15.4 Å². The lowest BCUT2D eigenvalue weighted by atomic mass is 10.0. The van der Waals surface area contributed by atoms with Gasteiger partial charge < -0.3 is 30.1 Å². The number of methoxy groups -OCH3 is 1. The first kappa shape index (κ1) is 30.5. The molecule has 5 rings (SSSR count). The molecule has 0 bridgehead atoms. The monoisotopic (exact) mass is 627 g/mol. The van der Waals surface area contributed by atoms with Gasteiger partial charge in [0.05, 0.1) is 28.8 Å². The van der Waals surface area contributed by atoms with Crippen LogP contribution in [0.5, 0.6) is 5.75 Å². The highest BCUT2D eigenvalue weighted by Gasteiger charge is 2.35. The summed E-state index contributed by atoms with van der Waals surface area (Å²) in [5.74, 6) is -1.35. The summed E-state index contributed by atoms with van der Waals surface area (Å²) in [4.78, 5) is 39.0. The molecule has 0 radical (unpaired) electrons. The summed E-state index contributed by atoms with van der Waals surface area (Å²) in [6.07, 6.45) is 5.08. The summed E-state index contributed by atoms with van der Waals surface area (Å²) in [7, 11) is 1.38.